The lowest BCUT2D eigenvalue weighted by Gasteiger charge is -2.18. The van der Waals surface area contributed by atoms with Gasteiger partial charge in [-0.2, -0.15) is 5.10 Å². The molecular formula is C11H12F2N4. The first-order chi connectivity index (χ1) is 8.02. The molecule has 0 aliphatic heterocycles. The maximum absolute atomic E-state index is 13.8. The van der Waals surface area contributed by atoms with Crippen molar-refractivity contribution in [2.45, 2.75) is 0 Å². The van der Waals surface area contributed by atoms with E-state index in [-0.39, 0.29) is 17.1 Å². The molecule has 1 heterocycles. The van der Waals surface area contributed by atoms with Crippen LogP contribution in [0.1, 0.15) is 0 Å². The smallest absolute Gasteiger partial charge is 0.147 e. The predicted molar refractivity (Wildman–Crippen MR) is 62.7 cm³/mol. The van der Waals surface area contributed by atoms with Crippen molar-refractivity contribution in [1.29, 1.82) is 0 Å². The molecule has 0 saturated carbocycles. The SMILES string of the molecule is CN(C)c1c(F)ccc(F)c1-c1cn[nH]c1N. The van der Waals surface area contributed by atoms with Crippen molar-refractivity contribution in [2.75, 3.05) is 24.7 Å². The van der Waals surface area contributed by atoms with Gasteiger partial charge < -0.3 is 10.6 Å². The number of halogens is 2. The number of nitrogens with two attached hydrogens (primary N) is 1. The van der Waals surface area contributed by atoms with Crippen LogP contribution in [0.25, 0.3) is 11.1 Å². The second-order valence-corrected chi connectivity index (χ2v) is 3.84. The molecule has 0 saturated heterocycles. The van der Waals surface area contributed by atoms with Crippen molar-refractivity contribution >= 4 is 11.5 Å². The van der Waals surface area contributed by atoms with Crippen LogP contribution in [0.2, 0.25) is 0 Å². The topological polar surface area (TPSA) is 57.9 Å². The summed E-state index contributed by atoms with van der Waals surface area (Å²) in [6.45, 7) is 0. The average Bonchev–Trinajstić information content (AvgIpc) is 2.67. The highest BCUT2D eigenvalue weighted by atomic mass is 19.1. The third-order valence-corrected chi connectivity index (χ3v) is 2.46. The van der Waals surface area contributed by atoms with Gasteiger partial charge in [-0.05, 0) is 12.1 Å². The fourth-order valence-electron chi connectivity index (χ4n) is 1.73. The van der Waals surface area contributed by atoms with Gasteiger partial charge in [0.1, 0.15) is 17.5 Å². The number of anilines is 2. The van der Waals surface area contributed by atoms with Crippen LogP contribution in [0.5, 0.6) is 0 Å². The molecular weight excluding hydrogens is 226 g/mol. The molecule has 90 valence electrons. The number of nitrogens with one attached hydrogen (secondary N) is 1. The van der Waals surface area contributed by atoms with Crippen molar-refractivity contribution in [1.82, 2.24) is 10.2 Å². The number of H-pyrrole nitrogens is 1. The van der Waals surface area contributed by atoms with E-state index in [9.17, 15) is 8.78 Å². The lowest BCUT2D eigenvalue weighted by atomic mass is 10.0. The Labute approximate surface area is 97.0 Å². The molecule has 2 aromatic rings. The summed E-state index contributed by atoms with van der Waals surface area (Å²) < 4.78 is 27.6. The van der Waals surface area contributed by atoms with E-state index in [1.54, 1.807) is 14.1 Å². The molecule has 17 heavy (non-hydrogen) atoms. The van der Waals surface area contributed by atoms with Gasteiger partial charge in [0.25, 0.3) is 0 Å². The lowest BCUT2D eigenvalue weighted by molar-refractivity contribution is 0.602. The molecule has 0 aliphatic carbocycles. The summed E-state index contributed by atoms with van der Waals surface area (Å²) in [6.07, 6.45) is 1.38. The van der Waals surface area contributed by atoms with Crippen molar-refractivity contribution < 1.29 is 8.78 Å². The summed E-state index contributed by atoms with van der Waals surface area (Å²) in [5, 5.41) is 6.21. The summed E-state index contributed by atoms with van der Waals surface area (Å²) in [6, 6.07) is 2.16. The maximum Gasteiger partial charge on any atom is 0.147 e. The molecule has 6 heteroatoms. The van der Waals surface area contributed by atoms with Gasteiger partial charge in [-0.25, -0.2) is 8.78 Å². The van der Waals surface area contributed by atoms with Crippen LogP contribution in [-0.2, 0) is 0 Å². The molecule has 1 aromatic heterocycles. The molecule has 0 spiro atoms. The molecule has 2 rings (SSSR count). The van der Waals surface area contributed by atoms with Gasteiger partial charge in [-0.1, -0.05) is 0 Å². The van der Waals surface area contributed by atoms with Gasteiger partial charge in [0.2, 0.25) is 0 Å². The zero-order chi connectivity index (χ0) is 12.6. The Hall–Kier alpha value is -2.11. The van der Waals surface area contributed by atoms with Gasteiger partial charge in [0.05, 0.1) is 11.9 Å². The fourth-order valence-corrected chi connectivity index (χ4v) is 1.73. The minimum atomic E-state index is -0.539. The third kappa shape index (κ3) is 1.82. The van der Waals surface area contributed by atoms with E-state index in [1.807, 2.05) is 0 Å². The standard InChI is InChI=1S/C11H12F2N4/c1-17(2)10-8(13)4-3-7(12)9(10)6-5-15-16-11(6)14/h3-5H,1-2H3,(H3,14,15,16). The third-order valence-electron chi connectivity index (χ3n) is 2.46. The van der Waals surface area contributed by atoms with E-state index in [1.165, 1.54) is 11.1 Å². The first-order valence-electron chi connectivity index (χ1n) is 4.97. The molecule has 0 amide bonds. The number of aromatic nitrogens is 2. The number of nitrogens with zero attached hydrogens (tertiary/aromatic N) is 2. The zero-order valence-electron chi connectivity index (χ0n) is 9.46. The van der Waals surface area contributed by atoms with Crippen LogP contribution in [0, 0.1) is 11.6 Å². The summed E-state index contributed by atoms with van der Waals surface area (Å²) >= 11 is 0. The average molecular weight is 238 g/mol. The Kier molecular flexibility index (Phi) is 2.71. The maximum atomic E-state index is 13.8. The summed E-state index contributed by atoms with van der Waals surface area (Å²) in [7, 11) is 3.27. The van der Waals surface area contributed by atoms with Crippen molar-refractivity contribution in [2.24, 2.45) is 0 Å². The van der Waals surface area contributed by atoms with Gasteiger partial charge in [0.15, 0.2) is 0 Å². The Morgan fingerprint density at radius 3 is 2.41 bits per heavy atom. The highest BCUT2D eigenvalue weighted by Crippen LogP contribution is 2.36. The monoisotopic (exact) mass is 238 g/mol. The fraction of sp³-hybridized carbons (Fsp3) is 0.182. The first-order valence-corrected chi connectivity index (χ1v) is 4.97. The van der Waals surface area contributed by atoms with E-state index >= 15 is 0 Å². The minimum absolute atomic E-state index is 0.112. The predicted octanol–water partition coefficient (Wildman–Crippen LogP) is 2.00. The second-order valence-electron chi connectivity index (χ2n) is 3.84. The summed E-state index contributed by atoms with van der Waals surface area (Å²) in [5.41, 5.74) is 6.25. The molecule has 0 atom stereocenters. The van der Waals surface area contributed by atoms with E-state index in [2.05, 4.69) is 10.2 Å². The van der Waals surface area contributed by atoms with Gasteiger partial charge >= 0.3 is 0 Å². The quantitative estimate of drug-likeness (QED) is 0.841. The molecule has 0 unspecified atom stereocenters. The highest BCUT2D eigenvalue weighted by Gasteiger charge is 2.19. The lowest BCUT2D eigenvalue weighted by Crippen LogP contribution is -2.13. The van der Waals surface area contributed by atoms with Crippen LogP contribution in [0.15, 0.2) is 18.3 Å². The van der Waals surface area contributed by atoms with Crippen LogP contribution in [0.3, 0.4) is 0 Å². The number of benzene rings is 1. The van der Waals surface area contributed by atoms with Crippen molar-refractivity contribution in [3.05, 3.63) is 30.0 Å². The number of hydrogen-bond donors (Lipinski definition) is 2. The molecule has 3 N–H and O–H groups in total. The normalized spacial score (nSPS) is 10.6. The highest BCUT2D eigenvalue weighted by molar-refractivity contribution is 5.84. The van der Waals surface area contributed by atoms with E-state index < -0.39 is 11.6 Å². The minimum Gasteiger partial charge on any atom is -0.384 e. The van der Waals surface area contributed by atoms with Crippen molar-refractivity contribution in [3.8, 4) is 11.1 Å². The zero-order valence-corrected chi connectivity index (χ0v) is 9.46. The summed E-state index contributed by atoms with van der Waals surface area (Å²) in [5.74, 6) is -0.840. The first kappa shape index (κ1) is 11.4. The van der Waals surface area contributed by atoms with Crippen LogP contribution >= 0.6 is 0 Å². The number of rotatable bonds is 2. The Balaban J connectivity index is 2.76. The largest absolute Gasteiger partial charge is 0.384 e. The number of nitrogen functional groups attached to an aromatic ring is 1. The van der Waals surface area contributed by atoms with Crippen LogP contribution in [-0.4, -0.2) is 24.3 Å². The molecule has 0 bridgehead atoms. The Bertz CT molecular complexity index is 548. The van der Waals surface area contributed by atoms with E-state index in [0.29, 0.717) is 5.56 Å². The van der Waals surface area contributed by atoms with E-state index in [4.69, 9.17) is 5.73 Å². The molecule has 0 fully saturated rings. The van der Waals surface area contributed by atoms with Gasteiger partial charge in [-0.3, -0.25) is 5.10 Å². The molecule has 4 nitrogen and oxygen atoms in total. The molecule has 1 aromatic carbocycles. The molecule has 0 radical (unpaired) electrons. The Morgan fingerprint density at radius 1 is 1.24 bits per heavy atom. The van der Waals surface area contributed by atoms with Gasteiger partial charge in [-0.15, -0.1) is 0 Å². The second kappa shape index (κ2) is 4.04. The Morgan fingerprint density at radius 2 is 1.88 bits per heavy atom. The number of hydrogen-bond acceptors (Lipinski definition) is 3. The number of aromatic amines is 1. The summed E-state index contributed by atoms with van der Waals surface area (Å²) in [4.78, 5) is 1.50. The van der Waals surface area contributed by atoms with E-state index in [0.717, 1.165) is 12.1 Å². The van der Waals surface area contributed by atoms with Crippen LogP contribution in [0.4, 0.5) is 20.3 Å². The van der Waals surface area contributed by atoms with Crippen LogP contribution < -0.4 is 10.6 Å². The van der Waals surface area contributed by atoms with Gasteiger partial charge in [0, 0.05) is 25.2 Å². The van der Waals surface area contributed by atoms with Crippen molar-refractivity contribution in [3.63, 3.8) is 0 Å². The molecule has 0 aliphatic rings.